The van der Waals surface area contributed by atoms with E-state index >= 15 is 0 Å². The third-order valence-electron chi connectivity index (χ3n) is 2.85. The Kier molecular flexibility index (Phi) is 4.75. The number of nitrogens with zero attached hydrogens (tertiary/aromatic N) is 1. The van der Waals surface area contributed by atoms with E-state index in [2.05, 4.69) is 4.98 Å². The number of carbonyl (C=O) groups excluding carboxylic acids is 2. The predicted octanol–water partition coefficient (Wildman–Crippen LogP) is 3.53. The van der Waals surface area contributed by atoms with E-state index in [1.165, 1.54) is 12.1 Å². The summed E-state index contributed by atoms with van der Waals surface area (Å²) in [6.07, 6.45) is 0.416. The van der Waals surface area contributed by atoms with Crippen molar-refractivity contribution in [2.24, 2.45) is 0 Å². The van der Waals surface area contributed by atoms with Crippen LogP contribution in [0.2, 0.25) is 10.2 Å². The van der Waals surface area contributed by atoms with Crippen LogP contribution >= 0.6 is 23.2 Å². The number of aldehydes is 1. The summed E-state index contributed by atoms with van der Waals surface area (Å²) in [5, 5.41) is 0.263. The van der Waals surface area contributed by atoms with E-state index in [-0.39, 0.29) is 22.3 Å². The van der Waals surface area contributed by atoms with Crippen molar-refractivity contribution in [1.29, 1.82) is 0 Å². The number of rotatable bonds is 4. The minimum atomic E-state index is -1.20. The topological polar surface area (TPSA) is 56.3 Å². The molecule has 7 heteroatoms. The van der Waals surface area contributed by atoms with Gasteiger partial charge in [0, 0.05) is 10.9 Å². The molecule has 1 unspecified atom stereocenters. The first-order valence-electron chi connectivity index (χ1n) is 6.05. The Bertz CT molecular complexity index is 721. The number of aromatic nitrogens is 1. The minimum absolute atomic E-state index is 0.0321. The Labute approximate surface area is 129 Å². The summed E-state index contributed by atoms with van der Waals surface area (Å²) in [6, 6.07) is 3.92. The highest BCUT2D eigenvalue weighted by Gasteiger charge is 2.25. The van der Waals surface area contributed by atoms with Crippen molar-refractivity contribution in [3.05, 3.63) is 39.8 Å². The van der Waals surface area contributed by atoms with Gasteiger partial charge in [-0.25, -0.2) is 9.37 Å². The number of halogens is 3. The van der Waals surface area contributed by atoms with Gasteiger partial charge in [0.25, 0.3) is 0 Å². The van der Waals surface area contributed by atoms with Crippen LogP contribution in [-0.2, 0) is 14.3 Å². The monoisotopic (exact) mass is 329 g/mol. The highest BCUT2D eigenvalue weighted by Crippen LogP contribution is 2.29. The summed E-state index contributed by atoms with van der Waals surface area (Å²) in [5.41, 5.74) is 0.531. The number of pyridine rings is 1. The maximum Gasteiger partial charge on any atom is 0.320 e. The largest absolute Gasteiger partial charge is 0.465 e. The van der Waals surface area contributed by atoms with Crippen LogP contribution < -0.4 is 0 Å². The number of hydrogen-bond donors (Lipinski definition) is 0. The maximum absolute atomic E-state index is 13.5. The summed E-state index contributed by atoms with van der Waals surface area (Å²) in [4.78, 5) is 26.9. The summed E-state index contributed by atoms with van der Waals surface area (Å²) < 4.78 is 18.3. The van der Waals surface area contributed by atoms with E-state index < -0.39 is 17.7 Å². The van der Waals surface area contributed by atoms with Gasteiger partial charge in [-0.05, 0) is 25.1 Å². The molecule has 0 radical (unpaired) electrons. The fourth-order valence-electron chi connectivity index (χ4n) is 1.87. The molecule has 1 aromatic carbocycles. The van der Waals surface area contributed by atoms with Crippen LogP contribution in [-0.4, -0.2) is 23.8 Å². The third kappa shape index (κ3) is 3.14. The molecule has 0 fully saturated rings. The number of ether oxygens (including phenoxy) is 1. The average Bonchev–Trinajstić information content (AvgIpc) is 2.43. The van der Waals surface area contributed by atoms with Crippen LogP contribution in [0.4, 0.5) is 4.39 Å². The molecular weight excluding hydrogens is 320 g/mol. The number of hydrogen-bond acceptors (Lipinski definition) is 4. The van der Waals surface area contributed by atoms with Gasteiger partial charge in [-0.2, -0.15) is 0 Å². The van der Waals surface area contributed by atoms with Gasteiger partial charge in [0.1, 0.15) is 23.2 Å². The molecule has 0 saturated heterocycles. The summed E-state index contributed by atoms with van der Waals surface area (Å²) in [5.74, 6) is -2.56. The van der Waals surface area contributed by atoms with Gasteiger partial charge in [-0.3, -0.25) is 4.79 Å². The molecule has 2 rings (SSSR count). The highest BCUT2D eigenvalue weighted by atomic mass is 35.5. The van der Waals surface area contributed by atoms with Crippen LogP contribution in [0, 0.1) is 5.82 Å². The number of carbonyl (C=O) groups is 2. The Morgan fingerprint density at radius 1 is 1.43 bits per heavy atom. The average molecular weight is 330 g/mol. The molecule has 0 amide bonds. The van der Waals surface area contributed by atoms with E-state index in [1.807, 2.05) is 0 Å². The number of fused-ring (bicyclic) bond motifs is 1. The van der Waals surface area contributed by atoms with Crippen LogP contribution in [0.15, 0.2) is 18.2 Å². The lowest BCUT2D eigenvalue weighted by molar-refractivity contribution is -0.146. The fourth-order valence-corrected chi connectivity index (χ4v) is 2.29. The van der Waals surface area contributed by atoms with E-state index in [1.54, 1.807) is 6.92 Å². The Morgan fingerprint density at radius 3 is 2.76 bits per heavy atom. The van der Waals surface area contributed by atoms with Crippen LogP contribution in [0.25, 0.3) is 10.9 Å². The lowest BCUT2D eigenvalue weighted by Crippen LogP contribution is -2.18. The standard InChI is InChI=1S/C14H10Cl2FNO3/c1-2-21-14(20)9(6-19)8-3-7-4-11(17)10(15)5-12(7)18-13(8)16/h3-6,9H,2H2,1H3. The zero-order valence-corrected chi connectivity index (χ0v) is 12.4. The molecule has 4 nitrogen and oxygen atoms in total. The van der Waals surface area contributed by atoms with Crippen LogP contribution in [0.5, 0.6) is 0 Å². The second-order valence-electron chi connectivity index (χ2n) is 4.19. The first-order chi connectivity index (χ1) is 9.97. The van der Waals surface area contributed by atoms with Crippen molar-refractivity contribution >= 4 is 46.4 Å². The molecular formula is C14H10Cl2FNO3. The third-order valence-corrected chi connectivity index (χ3v) is 3.44. The molecule has 0 spiro atoms. The molecule has 0 saturated carbocycles. The number of esters is 1. The number of benzene rings is 1. The smallest absolute Gasteiger partial charge is 0.320 e. The van der Waals surface area contributed by atoms with Gasteiger partial charge in [0.05, 0.1) is 17.1 Å². The van der Waals surface area contributed by atoms with Gasteiger partial charge < -0.3 is 9.53 Å². The van der Waals surface area contributed by atoms with Gasteiger partial charge in [0.15, 0.2) is 0 Å². The van der Waals surface area contributed by atoms with Crippen molar-refractivity contribution in [3.63, 3.8) is 0 Å². The molecule has 1 heterocycles. The molecule has 1 aromatic heterocycles. The molecule has 0 aliphatic heterocycles. The maximum atomic E-state index is 13.5. The van der Waals surface area contributed by atoms with Gasteiger partial charge in [-0.15, -0.1) is 0 Å². The first-order valence-corrected chi connectivity index (χ1v) is 6.80. The zero-order valence-electron chi connectivity index (χ0n) is 10.9. The van der Waals surface area contributed by atoms with Crippen molar-refractivity contribution in [2.45, 2.75) is 12.8 Å². The summed E-state index contributed by atoms with van der Waals surface area (Å²) in [6.45, 7) is 1.75. The quantitative estimate of drug-likeness (QED) is 0.372. The van der Waals surface area contributed by atoms with Gasteiger partial charge in [-0.1, -0.05) is 23.2 Å². The lowest BCUT2D eigenvalue weighted by atomic mass is 10.0. The van der Waals surface area contributed by atoms with Crippen molar-refractivity contribution in [3.8, 4) is 0 Å². The van der Waals surface area contributed by atoms with Crippen LogP contribution in [0.1, 0.15) is 18.4 Å². The molecule has 21 heavy (non-hydrogen) atoms. The molecule has 0 bridgehead atoms. The van der Waals surface area contributed by atoms with Crippen molar-refractivity contribution < 1.29 is 18.7 Å². The van der Waals surface area contributed by atoms with Crippen molar-refractivity contribution in [1.82, 2.24) is 4.98 Å². The highest BCUT2D eigenvalue weighted by molar-refractivity contribution is 6.32. The SMILES string of the molecule is CCOC(=O)C(C=O)c1cc2cc(F)c(Cl)cc2nc1Cl. The Morgan fingerprint density at radius 2 is 2.14 bits per heavy atom. The molecule has 0 aliphatic carbocycles. The molecule has 0 N–H and O–H groups in total. The summed E-state index contributed by atoms with van der Waals surface area (Å²) in [7, 11) is 0. The second kappa shape index (κ2) is 6.37. The Balaban J connectivity index is 2.58. The molecule has 1 atom stereocenters. The van der Waals surface area contributed by atoms with E-state index in [0.29, 0.717) is 17.2 Å². The van der Waals surface area contributed by atoms with E-state index in [4.69, 9.17) is 27.9 Å². The molecule has 2 aromatic rings. The lowest BCUT2D eigenvalue weighted by Gasteiger charge is -2.12. The molecule has 110 valence electrons. The van der Waals surface area contributed by atoms with Crippen molar-refractivity contribution in [2.75, 3.05) is 6.61 Å². The second-order valence-corrected chi connectivity index (χ2v) is 4.96. The molecule has 0 aliphatic rings. The minimum Gasteiger partial charge on any atom is -0.465 e. The Hall–Kier alpha value is -1.72. The van der Waals surface area contributed by atoms with Gasteiger partial charge in [0.2, 0.25) is 0 Å². The zero-order chi connectivity index (χ0) is 15.6. The predicted molar refractivity (Wildman–Crippen MR) is 77.2 cm³/mol. The van der Waals surface area contributed by atoms with Crippen LogP contribution in [0.3, 0.4) is 0 Å². The normalized spacial score (nSPS) is 12.2. The van der Waals surface area contributed by atoms with E-state index in [0.717, 1.165) is 6.07 Å². The van der Waals surface area contributed by atoms with Gasteiger partial charge >= 0.3 is 5.97 Å². The fraction of sp³-hybridized carbons (Fsp3) is 0.214. The summed E-state index contributed by atoms with van der Waals surface area (Å²) >= 11 is 11.7. The first kappa shape index (κ1) is 15.7. The van der Waals surface area contributed by atoms with E-state index in [9.17, 15) is 14.0 Å².